The number of methoxy groups -OCH3 is 1. The van der Waals surface area contributed by atoms with Gasteiger partial charge in [-0.2, -0.15) is 9.78 Å². The number of aromatic nitrogens is 2. The van der Waals surface area contributed by atoms with Crippen molar-refractivity contribution in [2.24, 2.45) is 5.10 Å². The molecular formula is C31H21ClFN3O4. The average molecular weight is 554 g/mol. The van der Waals surface area contributed by atoms with Crippen LogP contribution in [0.15, 0.2) is 105 Å². The first-order valence-corrected chi connectivity index (χ1v) is 12.7. The van der Waals surface area contributed by atoms with Crippen molar-refractivity contribution < 1.29 is 18.3 Å². The lowest BCUT2D eigenvalue weighted by Gasteiger charge is -2.09. The van der Waals surface area contributed by atoms with Crippen molar-refractivity contribution in [3.63, 3.8) is 0 Å². The van der Waals surface area contributed by atoms with E-state index in [4.69, 9.17) is 30.5 Å². The van der Waals surface area contributed by atoms with Crippen LogP contribution in [0.5, 0.6) is 11.5 Å². The summed E-state index contributed by atoms with van der Waals surface area (Å²) >= 11 is 6.46. The van der Waals surface area contributed by atoms with Crippen molar-refractivity contribution in [2.75, 3.05) is 7.11 Å². The maximum atomic E-state index is 13.5. The summed E-state index contributed by atoms with van der Waals surface area (Å²) in [6.07, 6.45) is 1.51. The van der Waals surface area contributed by atoms with Crippen molar-refractivity contribution in [1.29, 1.82) is 0 Å². The number of hydrogen-bond donors (Lipinski definition) is 0. The number of rotatable bonds is 7. The van der Waals surface area contributed by atoms with E-state index in [-0.39, 0.29) is 23.8 Å². The van der Waals surface area contributed by atoms with Gasteiger partial charge in [0, 0.05) is 0 Å². The lowest BCUT2D eigenvalue weighted by atomic mass is 10.2. The van der Waals surface area contributed by atoms with Crippen molar-refractivity contribution >= 4 is 39.7 Å². The highest BCUT2D eigenvalue weighted by atomic mass is 35.5. The normalized spacial score (nSPS) is 11.5. The highest BCUT2D eigenvalue weighted by Gasteiger charge is 2.18. The molecule has 0 bridgehead atoms. The summed E-state index contributed by atoms with van der Waals surface area (Å²) in [6, 6.07) is 25.5. The molecule has 0 radical (unpaired) electrons. The molecule has 0 fully saturated rings. The van der Waals surface area contributed by atoms with Gasteiger partial charge in [-0.1, -0.05) is 41.9 Å². The standard InChI is InChI=1S/C31H21ClFN3O4/c1-38-26-7-4-8-27-23(26)16-29(40-27)30-35-25-6-3-2-5-22(25)31(37)36(30)34-17-20-11-14-28(24(32)15-20)39-18-19-9-12-21(33)13-10-19/h2-17H,18H2,1H3. The summed E-state index contributed by atoms with van der Waals surface area (Å²) in [5.41, 5.74) is 2.20. The van der Waals surface area contributed by atoms with E-state index in [0.29, 0.717) is 44.3 Å². The largest absolute Gasteiger partial charge is 0.496 e. The van der Waals surface area contributed by atoms with Gasteiger partial charge in [-0.05, 0) is 71.8 Å². The smallest absolute Gasteiger partial charge is 0.282 e. The third kappa shape index (κ3) is 4.92. The Morgan fingerprint density at radius 1 is 0.975 bits per heavy atom. The van der Waals surface area contributed by atoms with Gasteiger partial charge < -0.3 is 13.9 Å². The molecule has 6 aromatic rings. The number of hydrogen-bond acceptors (Lipinski definition) is 6. The zero-order chi connectivity index (χ0) is 27.6. The quantitative estimate of drug-likeness (QED) is 0.198. The van der Waals surface area contributed by atoms with Crippen LogP contribution in [0.4, 0.5) is 4.39 Å². The van der Waals surface area contributed by atoms with Crippen LogP contribution in [0.3, 0.4) is 0 Å². The van der Waals surface area contributed by atoms with Gasteiger partial charge in [0.2, 0.25) is 5.82 Å². The van der Waals surface area contributed by atoms with Gasteiger partial charge in [0.1, 0.15) is 29.5 Å². The van der Waals surface area contributed by atoms with Gasteiger partial charge in [0.15, 0.2) is 5.76 Å². The van der Waals surface area contributed by atoms with Crippen molar-refractivity contribution in [1.82, 2.24) is 9.66 Å². The molecule has 0 saturated carbocycles. The molecule has 0 saturated heterocycles. The highest BCUT2D eigenvalue weighted by Crippen LogP contribution is 2.33. The third-order valence-corrected chi connectivity index (χ3v) is 6.60. The molecule has 2 heterocycles. The van der Waals surface area contributed by atoms with Crippen LogP contribution in [0.25, 0.3) is 33.5 Å². The molecule has 9 heteroatoms. The van der Waals surface area contributed by atoms with Crippen molar-refractivity contribution in [3.05, 3.63) is 123 Å². The maximum absolute atomic E-state index is 13.5. The van der Waals surface area contributed by atoms with Crippen molar-refractivity contribution in [3.8, 4) is 23.1 Å². The number of fused-ring (bicyclic) bond motifs is 2. The molecule has 0 aliphatic carbocycles. The second-order valence-electron chi connectivity index (χ2n) is 8.90. The Balaban J connectivity index is 1.36. The van der Waals surface area contributed by atoms with E-state index in [1.54, 1.807) is 61.7 Å². The van der Waals surface area contributed by atoms with E-state index in [2.05, 4.69) is 5.10 Å². The Hall–Kier alpha value is -4.95. The van der Waals surface area contributed by atoms with Crippen LogP contribution in [0.1, 0.15) is 11.1 Å². The van der Waals surface area contributed by atoms with Crippen LogP contribution in [0.2, 0.25) is 5.02 Å². The van der Waals surface area contributed by atoms with Gasteiger partial charge in [-0.3, -0.25) is 4.79 Å². The molecule has 2 aromatic heterocycles. The van der Waals surface area contributed by atoms with Gasteiger partial charge in [-0.25, -0.2) is 9.37 Å². The predicted molar refractivity (Wildman–Crippen MR) is 153 cm³/mol. The van der Waals surface area contributed by atoms with Crippen LogP contribution in [-0.2, 0) is 6.61 Å². The predicted octanol–water partition coefficient (Wildman–Crippen LogP) is 7.07. The van der Waals surface area contributed by atoms with Crippen LogP contribution < -0.4 is 15.0 Å². The van der Waals surface area contributed by atoms with E-state index in [0.717, 1.165) is 10.9 Å². The van der Waals surface area contributed by atoms with E-state index in [1.807, 2.05) is 24.3 Å². The Morgan fingerprint density at radius 3 is 2.60 bits per heavy atom. The van der Waals surface area contributed by atoms with E-state index >= 15 is 0 Å². The number of furan rings is 1. The molecule has 0 aliphatic heterocycles. The third-order valence-electron chi connectivity index (χ3n) is 6.30. The molecule has 40 heavy (non-hydrogen) atoms. The Morgan fingerprint density at radius 2 is 1.80 bits per heavy atom. The average Bonchev–Trinajstić information content (AvgIpc) is 3.41. The molecule has 0 unspecified atom stereocenters. The molecule has 7 nitrogen and oxygen atoms in total. The number of ether oxygens (including phenoxy) is 2. The zero-order valence-corrected chi connectivity index (χ0v) is 21.9. The zero-order valence-electron chi connectivity index (χ0n) is 21.2. The van der Waals surface area contributed by atoms with Gasteiger partial charge in [0.05, 0.1) is 34.6 Å². The molecule has 0 amide bonds. The number of halogens is 2. The molecule has 6 rings (SSSR count). The number of para-hydroxylation sites is 1. The molecule has 0 spiro atoms. The first-order valence-electron chi connectivity index (χ1n) is 12.3. The second kappa shape index (κ2) is 10.7. The van der Waals surface area contributed by atoms with E-state index in [1.165, 1.54) is 23.0 Å². The first kappa shape index (κ1) is 25.3. The van der Waals surface area contributed by atoms with Gasteiger partial charge in [-0.15, -0.1) is 0 Å². The molecular weight excluding hydrogens is 533 g/mol. The van der Waals surface area contributed by atoms with Crippen molar-refractivity contribution in [2.45, 2.75) is 6.61 Å². The molecule has 0 atom stereocenters. The monoisotopic (exact) mass is 553 g/mol. The Kier molecular flexibility index (Phi) is 6.76. The van der Waals surface area contributed by atoms with Crippen LogP contribution in [-0.4, -0.2) is 23.0 Å². The Bertz CT molecular complexity index is 1950. The van der Waals surface area contributed by atoms with Crippen LogP contribution in [0, 0.1) is 5.82 Å². The number of nitrogens with zero attached hydrogens (tertiary/aromatic N) is 3. The lowest BCUT2D eigenvalue weighted by Crippen LogP contribution is -2.20. The van der Waals surface area contributed by atoms with Gasteiger partial charge >= 0.3 is 0 Å². The van der Waals surface area contributed by atoms with Crippen LogP contribution >= 0.6 is 11.6 Å². The summed E-state index contributed by atoms with van der Waals surface area (Å²) in [7, 11) is 1.58. The SMILES string of the molecule is COc1cccc2oc(-c3nc4ccccc4c(=O)n3N=Cc3ccc(OCc4ccc(F)cc4)c(Cl)c3)cc12. The summed E-state index contributed by atoms with van der Waals surface area (Å²) in [5.74, 6) is 1.40. The summed E-state index contributed by atoms with van der Waals surface area (Å²) in [4.78, 5) is 18.2. The fourth-order valence-electron chi connectivity index (χ4n) is 4.29. The fourth-order valence-corrected chi connectivity index (χ4v) is 4.54. The minimum Gasteiger partial charge on any atom is -0.496 e. The van der Waals surface area contributed by atoms with Gasteiger partial charge in [0.25, 0.3) is 5.56 Å². The lowest BCUT2D eigenvalue weighted by molar-refractivity contribution is 0.306. The van der Waals surface area contributed by atoms with E-state index < -0.39 is 0 Å². The topological polar surface area (TPSA) is 78.9 Å². The number of benzene rings is 4. The second-order valence-corrected chi connectivity index (χ2v) is 9.31. The van der Waals surface area contributed by atoms with E-state index in [9.17, 15) is 9.18 Å². The molecule has 0 aliphatic rings. The minimum atomic E-state index is -0.352. The molecule has 4 aromatic carbocycles. The first-order chi connectivity index (χ1) is 19.5. The minimum absolute atomic E-state index is 0.233. The molecule has 0 N–H and O–H groups in total. The summed E-state index contributed by atoms with van der Waals surface area (Å²) < 4.78 is 31.7. The summed E-state index contributed by atoms with van der Waals surface area (Å²) in [5, 5.41) is 6.01. The molecule has 198 valence electrons. The highest BCUT2D eigenvalue weighted by molar-refractivity contribution is 6.32. The summed E-state index contributed by atoms with van der Waals surface area (Å²) in [6.45, 7) is 0.233. The fraction of sp³-hybridized carbons (Fsp3) is 0.0645. The Labute approximate surface area is 232 Å². The maximum Gasteiger partial charge on any atom is 0.282 e.